The highest BCUT2D eigenvalue weighted by Gasteiger charge is 2.15. The zero-order valence-electron chi connectivity index (χ0n) is 13.9. The minimum Gasteiger partial charge on any atom is -0.496 e. The summed E-state index contributed by atoms with van der Waals surface area (Å²) in [5.74, 6) is 0.432. The van der Waals surface area contributed by atoms with Gasteiger partial charge in [-0.2, -0.15) is 0 Å². The van der Waals surface area contributed by atoms with Gasteiger partial charge in [-0.1, -0.05) is 19.9 Å². The van der Waals surface area contributed by atoms with Crippen LogP contribution in [-0.4, -0.2) is 27.6 Å². The van der Waals surface area contributed by atoms with Crippen LogP contribution in [0.5, 0.6) is 5.75 Å². The quantitative estimate of drug-likeness (QED) is 0.727. The zero-order chi connectivity index (χ0) is 17.3. The Morgan fingerprint density at radius 3 is 2.83 bits per heavy atom. The number of nitrogens with zero attached hydrogens (tertiary/aromatic N) is 2. The standard InChI is InChI=1S/C18H20N2O3S/c1-4-11(2)12-5-6-16(23-3)14(7-12)15-10-20-9-13(8-17(21)22)24-18(20)19-15/h5-7,9-11H,4,8H2,1-3H3,(H,21,22). The normalized spacial score (nSPS) is 12.5. The SMILES string of the molecule is CCC(C)c1ccc(OC)c(-c2cn3cc(CC(=O)O)sc3n2)c1. The molecule has 0 aliphatic heterocycles. The van der Waals surface area contributed by atoms with Crippen LogP contribution in [0.2, 0.25) is 0 Å². The van der Waals surface area contributed by atoms with Crippen molar-refractivity contribution in [3.8, 4) is 17.0 Å². The van der Waals surface area contributed by atoms with E-state index < -0.39 is 5.97 Å². The summed E-state index contributed by atoms with van der Waals surface area (Å²) in [5, 5.41) is 8.90. The molecule has 126 valence electrons. The van der Waals surface area contributed by atoms with Crippen molar-refractivity contribution >= 4 is 22.3 Å². The Bertz CT molecular complexity index is 850. The lowest BCUT2D eigenvalue weighted by Gasteiger charge is -2.13. The maximum absolute atomic E-state index is 10.8. The Morgan fingerprint density at radius 2 is 2.21 bits per heavy atom. The number of hydrogen-bond donors (Lipinski definition) is 1. The molecule has 5 nitrogen and oxygen atoms in total. The third kappa shape index (κ3) is 3.14. The first-order valence-corrected chi connectivity index (χ1v) is 8.71. The number of carbonyl (C=O) groups is 1. The van der Waals surface area contributed by atoms with Crippen LogP contribution in [0.4, 0.5) is 0 Å². The van der Waals surface area contributed by atoms with Crippen LogP contribution in [0.25, 0.3) is 16.2 Å². The van der Waals surface area contributed by atoms with Gasteiger partial charge in [0.1, 0.15) is 5.75 Å². The fourth-order valence-corrected chi connectivity index (χ4v) is 3.62. The van der Waals surface area contributed by atoms with Gasteiger partial charge in [-0.15, -0.1) is 11.3 Å². The lowest BCUT2D eigenvalue weighted by molar-refractivity contribution is -0.136. The molecule has 1 N–H and O–H groups in total. The molecule has 0 radical (unpaired) electrons. The summed E-state index contributed by atoms with van der Waals surface area (Å²) in [4.78, 5) is 17.1. The Kier molecular flexibility index (Phi) is 4.57. The van der Waals surface area contributed by atoms with E-state index in [0.717, 1.165) is 33.3 Å². The van der Waals surface area contributed by atoms with Crippen LogP contribution in [0.3, 0.4) is 0 Å². The minimum atomic E-state index is -0.831. The molecule has 0 saturated carbocycles. The van der Waals surface area contributed by atoms with Crippen molar-refractivity contribution in [2.24, 2.45) is 0 Å². The van der Waals surface area contributed by atoms with Crippen molar-refractivity contribution in [1.29, 1.82) is 0 Å². The summed E-state index contributed by atoms with van der Waals surface area (Å²) in [6.45, 7) is 4.38. The first kappa shape index (κ1) is 16.5. The van der Waals surface area contributed by atoms with Gasteiger partial charge >= 0.3 is 5.97 Å². The third-order valence-corrected chi connectivity index (χ3v) is 5.21. The lowest BCUT2D eigenvalue weighted by atomic mass is 9.96. The van der Waals surface area contributed by atoms with E-state index >= 15 is 0 Å². The molecule has 1 atom stereocenters. The number of carboxylic acid groups (broad SMARTS) is 1. The largest absolute Gasteiger partial charge is 0.496 e. The first-order chi connectivity index (χ1) is 11.5. The van der Waals surface area contributed by atoms with Crippen LogP contribution in [0.15, 0.2) is 30.6 Å². The van der Waals surface area contributed by atoms with Crippen molar-refractivity contribution in [2.75, 3.05) is 7.11 Å². The van der Waals surface area contributed by atoms with Gasteiger partial charge in [0, 0.05) is 22.8 Å². The molecule has 0 saturated heterocycles. The summed E-state index contributed by atoms with van der Waals surface area (Å²) in [6.07, 6.45) is 4.85. The number of aliphatic carboxylic acids is 1. The Morgan fingerprint density at radius 1 is 1.42 bits per heavy atom. The van der Waals surface area contributed by atoms with E-state index in [2.05, 4.69) is 31.0 Å². The van der Waals surface area contributed by atoms with Gasteiger partial charge in [-0.25, -0.2) is 4.98 Å². The predicted octanol–water partition coefficient (Wildman–Crippen LogP) is 4.21. The van der Waals surface area contributed by atoms with Gasteiger partial charge in [0.2, 0.25) is 0 Å². The predicted molar refractivity (Wildman–Crippen MR) is 95.1 cm³/mol. The fraction of sp³-hybridized carbons (Fsp3) is 0.333. The monoisotopic (exact) mass is 344 g/mol. The van der Waals surface area contributed by atoms with Crippen LogP contribution in [-0.2, 0) is 11.2 Å². The Balaban J connectivity index is 2.02. The number of imidazole rings is 1. The van der Waals surface area contributed by atoms with Gasteiger partial charge in [0.15, 0.2) is 4.96 Å². The van der Waals surface area contributed by atoms with E-state index in [9.17, 15) is 4.79 Å². The molecule has 3 rings (SSSR count). The number of benzene rings is 1. The third-order valence-electron chi connectivity index (χ3n) is 4.21. The average Bonchev–Trinajstić information content (AvgIpc) is 3.11. The molecule has 3 aromatic rings. The number of fused-ring (bicyclic) bond motifs is 1. The van der Waals surface area contributed by atoms with Crippen molar-refractivity contribution in [3.05, 3.63) is 41.0 Å². The van der Waals surface area contributed by atoms with E-state index in [-0.39, 0.29) is 6.42 Å². The topological polar surface area (TPSA) is 63.8 Å². The van der Waals surface area contributed by atoms with Gasteiger partial charge in [0.25, 0.3) is 0 Å². The summed E-state index contributed by atoms with van der Waals surface area (Å²) < 4.78 is 7.38. The zero-order valence-corrected chi connectivity index (χ0v) is 14.8. The maximum atomic E-state index is 10.8. The van der Waals surface area contributed by atoms with Gasteiger partial charge in [-0.3, -0.25) is 9.20 Å². The molecule has 1 aromatic carbocycles. The highest BCUT2D eigenvalue weighted by Crippen LogP contribution is 2.34. The van der Waals surface area contributed by atoms with E-state index in [1.165, 1.54) is 16.9 Å². The summed E-state index contributed by atoms with van der Waals surface area (Å²) >= 11 is 1.40. The maximum Gasteiger partial charge on any atom is 0.308 e. The molecule has 2 aromatic heterocycles. The Hall–Kier alpha value is -2.34. The second-order valence-corrected chi connectivity index (χ2v) is 6.95. The van der Waals surface area contributed by atoms with Gasteiger partial charge in [-0.05, 0) is 30.0 Å². The van der Waals surface area contributed by atoms with Crippen molar-refractivity contribution < 1.29 is 14.6 Å². The number of aromatic nitrogens is 2. The smallest absolute Gasteiger partial charge is 0.308 e. The number of rotatable bonds is 6. The summed E-state index contributed by atoms with van der Waals surface area (Å²) in [7, 11) is 1.66. The van der Waals surface area contributed by atoms with Crippen LogP contribution in [0, 0.1) is 0 Å². The minimum absolute atomic E-state index is 0.0240. The molecule has 1 unspecified atom stereocenters. The van der Waals surface area contributed by atoms with Crippen LogP contribution >= 0.6 is 11.3 Å². The number of hydrogen-bond acceptors (Lipinski definition) is 4. The molecular weight excluding hydrogens is 324 g/mol. The lowest BCUT2D eigenvalue weighted by Crippen LogP contribution is -1.97. The Labute approximate surface area is 144 Å². The number of carboxylic acids is 1. The van der Waals surface area contributed by atoms with Gasteiger partial charge in [0.05, 0.1) is 19.2 Å². The molecule has 0 spiro atoms. The van der Waals surface area contributed by atoms with Crippen molar-refractivity contribution in [3.63, 3.8) is 0 Å². The fourth-order valence-electron chi connectivity index (χ4n) is 2.67. The molecule has 0 aliphatic rings. The number of thiazole rings is 1. The molecular formula is C18H20N2O3S. The van der Waals surface area contributed by atoms with E-state index in [0.29, 0.717) is 5.92 Å². The molecule has 2 heterocycles. The molecule has 0 aliphatic carbocycles. The summed E-state index contributed by atoms with van der Waals surface area (Å²) in [5.41, 5.74) is 3.06. The number of ether oxygens (including phenoxy) is 1. The van der Waals surface area contributed by atoms with E-state index in [4.69, 9.17) is 9.84 Å². The van der Waals surface area contributed by atoms with Crippen molar-refractivity contribution in [2.45, 2.75) is 32.6 Å². The average molecular weight is 344 g/mol. The molecule has 0 fully saturated rings. The van der Waals surface area contributed by atoms with E-state index in [1.807, 2.05) is 22.9 Å². The highest BCUT2D eigenvalue weighted by molar-refractivity contribution is 7.17. The van der Waals surface area contributed by atoms with Crippen LogP contribution < -0.4 is 4.74 Å². The molecule has 6 heteroatoms. The van der Waals surface area contributed by atoms with Gasteiger partial charge < -0.3 is 9.84 Å². The van der Waals surface area contributed by atoms with Crippen LogP contribution in [0.1, 0.15) is 36.6 Å². The molecule has 24 heavy (non-hydrogen) atoms. The van der Waals surface area contributed by atoms with Crippen molar-refractivity contribution in [1.82, 2.24) is 9.38 Å². The molecule has 0 bridgehead atoms. The first-order valence-electron chi connectivity index (χ1n) is 7.89. The van der Waals surface area contributed by atoms with E-state index in [1.54, 1.807) is 7.11 Å². The molecule has 0 amide bonds. The highest BCUT2D eigenvalue weighted by atomic mass is 32.1. The second kappa shape index (κ2) is 6.65. The number of methoxy groups -OCH3 is 1. The second-order valence-electron chi connectivity index (χ2n) is 5.85. The summed E-state index contributed by atoms with van der Waals surface area (Å²) in [6, 6.07) is 6.22.